The lowest BCUT2D eigenvalue weighted by Crippen LogP contribution is -2.17. The summed E-state index contributed by atoms with van der Waals surface area (Å²) in [4.78, 5) is 11.8. The second-order valence-electron chi connectivity index (χ2n) is 5.13. The van der Waals surface area contributed by atoms with Gasteiger partial charge in [-0.05, 0) is 60.2 Å². The van der Waals surface area contributed by atoms with E-state index in [1.165, 1.54) is 29.7 Å². The molecule has 1 amide bonds. The molecule has 0 radical (unpaired) electrons. The predicted octanol–water partition coefficient (Wildman–Crippen LogP) is 2.64. The standard InChI is InChI=1S/C17H16N2O2/c20-16-6-2-5-15(10-16)17(21)19-18-11-12-7-8-13-3-1-4-14(13)9-12/h2,5-11,20H,1,3-4H2,(H,19,21)/b18-11+. The van der Waals surface area contributed by atoms with Gasteiger partial charge in [0.2, 0.25) is 0 Å². The Labute approximate surface area is 123 Å². The smallest absolute Gasteiger partial charge is 0.271 e. The third kappa shape index (κ3) is 3.11. The van der Waals surface area contributed by atoms with Gasteiger partial charge in [-0.25, -0.2) is 5.43 Å². The van der Waals surface area contributed by atoms with Crippen molar-refractivity contribution in [2.45, 2.75) is 19.3 Å². The molecular weight excluding hydrogens is 264 g/mol. The number of aromatic hydroxyl groups is 1. The Morgan fingerprint density at radius 2 is 2.00 bits per heavy atom. The van der Waals surface area contributed by atoms with Gasteiger partial charge in [0.05, 0.1) is 6.21 Å². The topological polar surface area (TPSA) is 61.7 Å². The summed E-state index contributed by atoms with van der Waals surface area (Å²) in [6.45, 7) is 0. The number of fused-ring (bicyclic) bond motifs is 1. The van der Waals surface area contributed by atoms with Gasteiger partial charge in [0.1, 0.15) is 5.75 Å². The van der Waals surface area contributed by atoms with Crippen LogP contribution in [0.1, 0.15) is 33.5 Å². The third-order valence-corrected chi connectivity index (χ3v) is 3.61. The molecule has 0 aliphatic heterocycles. The number of carbonyl (C=O) groups is 1. The zero-order valence-electron chi connectivity index (χ0n) is 11.5. The van der Waals surface area contributed by atoms with Crippen molar-refractivity contribution < 1.29 is 9.90 Å². The molecule has 0 spiro atoms. The van der Waals surface area contributed by atoms with Crippen molar-refractivity contribution in [1.29, 1.82) is 0 Å². The molecule has 21 heavy (non-hydrogen) atoms. The summed E-state index contributed by atoms with van der Waals surface area (Å²) in [5.41, 5.74) is 6.60. The van der Waals surface area contributed by atoms with Crippen LogP contribution in [-0.2, 0) is 12.8 Å². The molecule has 4 heteroatoms. The van der Waals surface area contributed by atoms with Gasteiger partial charge in [-0.1, -0.05) is 18.2 Å². The van der Waals surface area contributed by atoms with Crippen LogP contribution in [0.3, 0.4) is 0 Å². The summed E-state index contributed by atoms with van der Waals surface area (Å²) in [7, 11) is 0. The number of rotatable bonds is 3. The van der Waals surface area contributed by atoms with Gasteiger partial charge in [-0.3, -0.25) is 4.79 Å². The van der Waals surface area contributed by atoms with E-state index in [1.807, 2.05) is 6.07 Å². The van der Waals surface area contributed by atoms with Crippen molar-refractivity contribution in [3.63, 3.8) is 0 Å². The highest BCUT2D eigenvalue weighted by Gasteiger charge is 2.10. The summed E-state index contributed by atoms with van der Waals surface area (Å²) in [6.07, 6.45) is 5.12. The maximum Gasteiger partial charge on any atom is 0.271 e. The fourth-order valence-electron chi connectivity index (χ4n) is 2.55. The Hall–Kier alpha value is -2.62. The molecule has 3 rings (SSSR count). The molecule has 0 bridgehead atoms. The largest absolute Gasteiger partial charge is 0.508 e. The first-order valence-electron chi connectivity index (χ1n) is 6.96. The molecule has 2 aromatic carbocycles. The molecule has 4 nitrogen and oxygen atoms in total. The maximum absolute atomic E-state index is 11.8. The molecule has 1 aliphatic rings. The van der Waals surface area contributed by atoms with E-state index in [9.17, 15) is 9.90 Å². The van der Waals surface area contributed by atoms with E-state index in [1.54, 1.807) is 18.3 Å². The molecule has 0 saturated heterocycles. The monoisotopic (exact) mass is 280 g/mol. The molecule has 0 atom stereocenters. The number of phenolic OH excluding ortho intramolecular Hbond substituents is 1. The Kier molecular flexibility index (Phi) is 3.69. The van der Waals surface area contributed by atoms with Gasteiger partial charge in [0, 0.05) is 5.56 Å². The molecule has 0 fully saturated rings. The SMILES string of the molecule is O=C(N/N=C/c1ccc2c(c1)CCC2)c1cccc(O)c1. The van der Waals surface area contributed by atoms with Crippen molar-refractivity contribution >= 4 is 12.1 Å². The lowest BCUT2D eigenvalue weighted by molar-refractivity contribution is 0.0954. The minimum Gasteiger partial charge on any atom is -0.508 e. The first-order valence-corrected chi connectivity index (χ1v) is 6.96. The average molecular weight is 280 g/mol. The lowest BCUT2D eigenvalue weighted by atomic mass is 10.1. The first kappa shape index (κ1) is 13.4. The molecule has 2 N–H and O–H groups in total. The summed E-state index contributed by atoms with van der Waals surface area (Å²) < 4.78 is 0. The molecule has 106 valence electrons. The van der Waals surface area contributed by atoms with E-state index in [0.717, 1.165) is 18.4 Å². The van der Waals surface area contributed by atoms with E-state index in [4.69, 9.17) is 0 Å². The molecule has 0 aromatic heterocycles. The number of nitrogens with zero attached hydrogens (tertiary/aromatic N) is 1. The van der Waals surface area contributed by atoms with Gasteiger partial charge < -0.3 is 5.11 Å². The van der Waals surface area contributed by atoms with E-state index in [0.29, 0.717) is 5.56 Å². The molecule has 1 aliphatic carbocycles. The van der Waals surface area contributed by atoms with Crippen molar-refractivity contribution in [1.82, 2.24) is 5.43 Å². The van der Waals surface area contributed by atoms with Crippen LogP contribution in [0.4, 0.5) is 0 Å². The number of amides is 1. The van der Waals surface area contributed by atoms with Crippen LogP contribution in [0.15, 0.2) is 47.6 Å². The second-order valence-corrected chi connectivity index (χ2v) is 5.13. The maximum atomic E-state index is 11.8. The zero-order valence-corrected chi connectivity index (χ0v) is 11.5. The lowest BCUT2D eigenvalue weighted by Gasteiger charge is -2.02. The molecule has 2 aromatic rings. The summed E-state index contributed by atoms with van der Waals surface area (Å²) >= 11 is 0. The first-order chi connectivity index (χ1) is 10.2. The number of hydrogen-bond donors (Lipinski definition) is 2. The predicted molar refractivity (Wildman–Crippen MR) is 81.6 cm³/mol. The van der Waals surface area contributed by atoms with E-state index in [2.05, 4.69) is 22.7 Å². The number of phenols is 1. The van der Waals surface area contributed by atoms with Crippen LogP contribution >= 0.6 is 0 Å². The number of hydrogen-bond acceptors (Lipinski definition) is 3. The van der Waals surface area contributed by atoms with Crippen molar-refractivity contribution in [3.05, 3.63) is 64.7 Å². The van der Waals surface area contributed by atoms with Gasteiger partial charge in [-0.2, -0.15) is 5.10 Å². The minimum absolute atomic E-state index is 0.0604. The Balaban J connectivity index is 1.65. The summed E-state index contributed by atoms with van der Waals surface area (Å²) in [5.74, 6) is -0.284. The Morgan fingerprint density at radius 1 is 1.14 bits per heavy atom. The van der Waals surface area contributed by atoms with Crippen molar-refractivity contribution in [3.8, 4) is 5.75 Å². The van der Waals surface area contributed by atoms with Crippen LogP contribution in [0.25, 0.3) is 0 Å². The number of hydrazone groups is 1. The van der Waals surface area contributed by atoms with Gasteiger partial charge in [0.25, 0.3) is 5.91 Å². The second kappa shape index (κ2) is 5.79. The highest BCUT2D eigenvalue weighted by atomic mass is 16.3. The summed E-state index contributed by atoms with van der Waals surface area (Å²) in [6, 6.07) is 12.4. The Morgan fingerprint density at radius 3 is 2.86 bits per heavy atom. The van der Waals surface area contributed by atoms with E-state index < -0.39 is 0 Å². The van der Waals surface area contributed by atoms with Crippen LogP contribution in [0, 0.1) is 0 Å². The van der Waals surface area contributed by atoms with Crippen LogP contribution in [-0.4, -0.2) is 17.2 Å². The Bertz CT molecular complexity index is 708. The number of benzene rings is 2. The number of nitrogens with one attached hydrogen (secondary N) is 1. The zero-order chi connectivity index (χ0) is 14.7. The van der Waals surface area contributed by atoms with Gasteiger partial charge in [-0.15, -0.1) is 0 Å². The van der Waals surface area contributed by atoms with E-state index in [-0.39, 0.29) is 11.7 Å². The van der Waals surface area contributed by atoms with Crippen molar-refractivity contribution in [2.75, 3.05) is 0 Å². The highest BCUT2D eigenvalue weighted by molar-refractivity contribution is 5.95. The number of aryl methyl sites for hydroxylation is 2. The fourth-order valence-corrected chi connectivity index (χ4v) is 2.55. The average Bonchev–Trinajstić information content (AvgIpc) is 2.94. The van der Waals surface area contributed by atoms with Gasteiger partial charge >= 0.3 is 0 Å². The third-order valence-electron chi connectivity index (χ3n) is 3.61. The number of carbonyl (C=O) groups excluding carboxylic acids is 1. The highest BCUT2D eigenvalue weighted by Crippen LogP contribution is 2.22. The minimum atomic E-state index is -0.344. The quantitative estimate of drug-likeness (QED) is 0.670. The van der Waals surface area contributed by atoms with E-state index >= 15 is 0 Å². The van der Waals surface area contributed by atoms with Crippen LogP contribution in [0.5, 0.6) is 5.75 Å². The van der Waals surface area contributed by atoms with Crippen LogP contribution < -0.4 is 5.43 Å². The molecule has 0 heterocycles. The molecule has 0 saturated carbocycles. The summed E-state index contributed by atoms with van der Waals surface area (Å²) in [5, 5.41) is 13.3. The molecular formula is C17H16N2O2. The molecule has 0 unspecified atom stereocenters. The van der Waals surface area contributed by atoms with Crippen molar-refractivity contribution in [2.24, 2.45) is 5.10 Å². The normalized spacial score (nSPS) is 13.3. The van der Waals surface area contributed by atoms with Crippen LogP contribution in [0.2, 0.25) is 0 Å². The fraction of sp³-hybridized carbons (Fsp3) is 0.176. The van der Waals surface area contributed by atoms with Gasteiger partial charge in [0.15, 0.2) is 0 Å².